The summed E-state index contributed by atoms with van der Waals surface area (Å²) < 4.78 is 5.91. The van der Waals surface area contributed by atoms with Crippen molar-refractivity contribution in [3.63, 3.8) is 0 Å². The Hall–Kier alpha value is -3.06. The predicted molar refractivity (Wildman–Crippen MR) is 118 cm³/mol. The molecule has 0 aliphatic carbocycles. The number of non-ortho nitro benzene ring substituents is 1. The van der Waals surface area contributed by atoms with Crippen LogP contribution < -0.4 is 5.11 Å². The van der Waals surface area contributed by atoms with Crippen LogP contribution in [0.2, 0.25) is 0 Å². The van der Waals surface area contributed by atoms with Crippen molar-refractivity contribution in [2.45, 2.75) is 53.3 Å². The summed E-state index contributed by atoms with van der Waals surface area (Å²) in [6.07, 6.45) is 0.0871. The zero-order chi connectivity index (χ0) is 22.5. The van der Waals surface area contributed by atoms with Crippen LogP contribution in [0, 0.1) is 10.1 Å². The van der Waals surface area contributed by atoms with Gasteiger partial charge in [0.05, 0.1) is 24.6 Å². The first-order valence-electron chi connectivity index (χ1n) is 10.2. The highest BCUT2D eigenvalue weighted by Crippen LogP contribution is 2.34. The second-order valence-corrected chi connectivity index (χ2v) is 7.24. The van der Waals surface area contributed by atoms with Gasteiger partial charge in [-0.3, -0.25) is 19.8 Å². The quantitative estimate of drug-likeness (QED) is 0.0837. The molecule has 0 saturated carbocycles. The van der Waals surface area contributed by atoms with Gasteiger partial charge in [0.15, 0.2) is 6.17 Å². The van der Waals surface area contributed by atoms with Gasteiger partial charge in [0.1, 0.15) is 18.7 Å². The average molecular weight is 474 g/mol. The van der Waals surface area contributed by atoms with Crippen molar-refractivity contribution in [1.29, 1.82) is 0 Å². The lowest BCUT2D eigenvalue weighted by Crippen LogP contribution is -2.70. The van der Waals surface area contributed by atoms with Crippen LogP contribution in [0.4, 0.5) is 5.69 Å². The summed E-state index contributed by atoms with van der Waals surface area (Å²) in [7, 11) is 0. The van der Waals surface area contributed by atoms with Crippen LogP contribution in [-0.2, 0) is 20.9 Å². The van der Waals surface area contributed by atoms with Crippen LogP contribution in [0.25, 0.3) is 0 Å². The molecule has 6 N–H and O–H groups in total. The molecular formula is C21H35N3O9. The molecule has 0 aromatic heterocycles. The van der Waals surface area contributed by atoms with E-state index in [0.29, 0.717) is 10.0 Å². The normalized spacial score (nSPS) is 15.7. The second-order valence-electron chi connectivity index (χ2n) is 7.24. The summed E-state index contributed by atoms with van der Waals surface area (Å²) in [6.45, 7) is 9.88. The SMILES string of the molecule is CC/C([O-])=C(\C(=O)OCc1ccc([N+](=O)[O-])cc1)N1C(=O)C[C@H]1[N+](CC)(CC)CC.O.O.O. The van der Waals surface area contributed by atoms with Crippen molar-refractivity contribution in [2.75, 3.05) is 19.6 Å². The number of carbonyl (C=O) groups is 2. The van der Waals surface area contributed by atoms with E-state index in [0.717, 1.165) is 19.6 Å². The summed E-state index contributed by atoms with van der Waals surface area (Å²) in [6, 6.07) is 5.60. The molecule has 2 rings (SSSR count). The van der Waals surface area contributed by atoms with E-state index >= 15 is 0 Å². The number of ether oxygens (including phenoxy) is 1. The van der Waals surface area contributed by atoms with Crippen molar-refractivity contribution in [2.24, 2.45) is 0 Å². The molecule has 1 amide bonds. The molecule has 1 atom stereocenters. The summed E-state index contributed by atoms with van der Waals surface area (Å²) in [5, 5.41) is 23.3. The smallest absolute Gasteiger partial charge is 0.354 e. The molecule has 188 valence electrons. The fraction of sp³-hybridized carbons (Fsp3) is 0.524. The van der Waals surface area contributed by atoms with Gasteiger partial charge >= 0.3 is 5.97 Å². The lowest BCUT2D eigenvalue weighted by molar-refractivity contribution is -0.958. The number of β-lactam (4-membered cyclic amide) rings is 1. The third-order valence-electron chi connectivity index (χ3n) is 5.98. The van der Waals surface area contributed by atoms with E-state index in [9.17, 15) is 24.8 Å². The standard InChI is InChI=1S/C21H29N3O6.3H2O/c1-5-17(25)20(22-18(13-19(22)26)24(6-2,7-3)8-4)21(27)30-14-15-9-11-16(12-10-15)23(28)29;;;/h9-12,18H,5-8,13-14H2,1-4H3;3*1H2/t18-;;;/m1.../s1. The minimum absolute atomic E-state index is 0. The van der Waals surface area contributed by atoms with Crippen LogP contribution in [0.3, 0.4) is 0 Å². The number of allylic oxidation sites excluding steroid dienone is 1. The van der Waals surface area contributed by atoms with Crippen molar-refractivity contribution < 1.29 is 45.3 Å². The minimum Gasteiger partial charge on any atom is -0.874 e. The topological polar surface area (TPSA) is 207 Å². The maximum atomic E-state index is 12.8. The molecule has 12 heteroatoms. The molecule has 12 nitrogen and oxygen atoms in total. The monoisotopic (exact) mass is 473 g/mol. The van der Waals surface area contributed by atoms with Gasteiger partial charge in [-0.15, -0.1) is 5.76 Å². The Labute approximate surface area is 192 Å². The van der Waals surface area contributed by atoms with Crippen LogP contribution in [0.15, 0.2) is 35.7 Å². The molecule has 1 aromatic carbocycles. The van der Waals surface area contributed by atoms with Crippen LogP contribution in [-0.4, -0.2) is 68.4 Å². The van der Waals surface area contributed by atoms with Gasteiger partial charge in [-0.25, -0.2) is 4.79 Å². The number of nitro benzene ring substituents is 1. The first-order valence-corrected chi connectivity index (χ1v) is 10.2. The van der Waals surface area contributed by atoms with Crippen molar-refractivity contribution in [1.82, 2.24) is 4.90 Å². The number of esters is 1. The summed E-state index contributed by atoms with van der Waals surface area (Å²) in [5.41, 5.74) is 0.253. The number of amides is 1. The van der Waals surface area contributed by atoms with Crippen LogP contribution in [0.1, 0.15) is 46.1 Å². The molecule has 33 heavy (non-hydrogen) atoms. The maximum absolute atomic E-state index is 12.8. The summed E-state index contributed by atoms with van der Waals surface area (Å²) >= 11 is 0. The largest absolute Gasteiger partial charge is 0.874 e. The molecule has 1 aliphatic heterocycles. The molecule has 1 saturated heterocycles. The van der Waals surface area contributed by atoms with Crippen molar-refractivity contribution in [3.05, 3.63) is 51.4 Å². The van der Waals surface area contributed by atoms with Crippen molar-refractivity contribution >= 4 is 17.6 Å². The van der Waals surface area contributed by atoms with Crippen LogP contribution in [0.5, 0.6) is 0 Å². The van der Waals surface area contributed by atoms with Gasteiger partial charge in [-0.2, -0.15) is 0 Å². The first kappa shape index (κ1) is 32.1. The molecule has 1 fully saturated rings. The Bertz CT molecular complexity index is 828. The van der Waals surface area contributed by atoms with Gasteiger partial charge < -0.3 is 30.8 Å². The molecule has 0 bridgehead atoms. The summed E-state index contributed by atoms with van der Waals surface area (Å²) in [5.74, 6) is -1.55. The van der Waals surface area contributed by atoms with E-state index in [1.54, 1.807) is 6.92 Å². The molecule has 0 radical (unpaired) electrons. The fourth-order valence-electron chi connectivity index (χ4n) is 3.86. The van der Waals surface area contributed by atoms with Crippen LogP contribution >= 0.6 is 0 Å². The molecule has 0 spiro atoms. The van der Waals surface area contributed by atoms with Gasteiger partial charge in [0.2, 0.25) is 5.91 Å². The zero-order valence-electron chi connectivity index (χ0n) is 19.4. The Morgan fingerprint density at radius 2 is 1.61 bits per heavy atom. The Morgan fingerprint density at radius 1 is 1.09 bits per heavy atom. The Kier molecular flexibility index (Phi) is 13.1. The number of benzene rings is 1. The van der Waals surface area contributed by atoms with E-state index in [2.05, 4.69) is 0 Å². The minimum atomic E-state index is -0.848. The molecule has 1 aromatic rings. The maximum Gasteiger partial charge on any atom is 0.354 e. The molecule has 0 unspecified atom stereocenters. The van der Waals surface area contributed by atoms with E-state index in [1.807, 2.05) is 20.8 Å². The Balaban J connectivity index is 0. The third kappa shape index (κ3) is 6.48. The lowest BCUT2D eigenvalue weighted by Gasteiger charge is -2.53. The van der Waals surface area contributed by atoms with E-state index in [-0.39, 0.29) is 59.3 Å². The zero-order valence-corrected chi connectivity index (χ0v) is 19.4. The Morgan fingerprint density at radius 3 is 2.00 bits per heavy atom. The van der Waals surface area contributed by atoms with E-state index in [4.69, 9.17) is 4.74 Å². The lowest BCUT2D eigenvalue weighted by atomic mass is 10.0. The molecular weight excluding hydrogens is 438 g/mol. The number of hydrogen-bond acceptors (Lipinski definition) is 6. The highest BCUT2D eigenvalue weighted by atomic mass is 16.6. The fourth-order valence-corrected chi connectivity index (χ4v) is 3.86. The number of hydrogen-bond donors (Lipinski definition) is 0. The van der Waals surface area contributed by atoms with Gasteiger partial charge in [-0.05, 0) is 44.9 Å². The van der Waals surface area contributed by atoms with E-state index < -0.39 is 16.7 Å². The van der Waals surface area contributed by atoms with E-state index in [1.165, 1.54) is 29.2 Å². The third-order valence-corrected chi connectivity index (χ3v) is 5.98. The van der Waals surface area contributed by atoms with Gasteiger partial charge in [-0.1, -0.05) is 6.92 Å². The average Bonchev–Trinajstić information content (AvgIpc) is 2.76. The number of carbonyl (C=O) groups excluding carboxylic acids is 2. The van der Waals surface area contributed by atoms with Gasteiger partial charge in [0.25, 0.3) is 5.69 Å². The number of nitro groups is 1. The first-order chi connectivity index (χ1) is 14.2. The number of quaternary nitrogens is 1. The van der Waals surface area contributed by atoms with Crippen molar-refractivity contribution in [3.8, 4) is 0 Å². The highest BCUT2D eigenvalue weighted by Gasteiger charge is 2.51. The predicted octanol–water partition coefficient (Wildman–Crippen LogP) is -0.419. The van der Waals surface area contributed by atoms with Gasteiger partial charge in [0, 0.05) is 12.1 Å². The number of rotatable bonds is 10. The summed E-state index contributed by atoms with van der Waals surface area (Å²) in [4.78, 5) is 36.8. The second kappa shape index (κ2) is 13.5. The number of likely N-dealkylation sites (tertiary alicyclic amines) is 1. The number of nitrogens with zero attached hydrogens (tertiary/aromatic N) is 3. The highest BCUT2D eigenvalue weighted by molar-refractivity contribution is 5.97. The molecule has 1 heterocycles. The molecule has 1 aliphatic rings.